The van der Waals surface area contributed by atoms with Gasteiger partial charge in [0.2, 0.25) is 0 Å². The van der Waals surface area contributed by atoms with Crippen LogP contribution in [-0.2, 0) is 0 Å². The van der Waals surface area contributed by atoms with Crippen molar-refractivity contribution in [1.29, 1.82) is 0 Å². The number of rotatable bonds is 2. The molecule has 1 aromatic rings. The van der Waals surface area contributed by atoms with Gasteiger partial charge in [-0.25, -0.2) is 10.8 Å². The second-order valence-corrected chi connectivity index (χ2v) is 4.84. The van der Waals surface area contributed by atoms with Crippen LogP contribution < -0.4 is 11.3 Å². The average molecular weight is 232 g/mol. The van der Waals surface area contributed by atoms with Crippen LogP contribution in [0.4, 0.5) is 5.82 Å². The number of likely N-dealkylation sites (tertiary alicyclic amines) is 1. The third kappa shape index (κ3) is 1.76. The van der Waals surface area contributed by atoms with Crippen molar-refractivity contribution in [3.05, 3.63) is 23.9 Å². The van der Waals surface area contributed by atoms with Gasteiger partial charge in [0, 0.05) is 12.6 Å². The van der Waals surface area contributed by atoms with E-state index < -0.39 is 0 Å². The number of aromatic nitrogens is 1. The Bertz CT molecular complexity index is 448. The van der Waals surface area contributed by atoms with Crippen LogP contribution in [0.2, 0.25) is 0 Å². The molecular weight excluding hydrogens is 216 g/mol. The van der Waals surface area contributed by atoms with Gasteiger partial charge in [0.25, 0.3) is 5.91 Å². The first kappa shape index (κ1) is 10.5. The summed E-state index contributed by atoms with van der Waals surface area (Å²) in [4.78, 5) is 18.5. The Morgan fingerprint density at radius 2 is 2.35 bits per heavy atom. The molecule has 0 spiro atoms. The van der Waals surface area contributed by atoms with E-state index in [9.17, 15) is 4.79 Å². The topological polar surface area (TPSA) is 71.2 Å². The number of pyridine rings is 1. The van der Waals surface area contributed by atoms with Crippen LogP contribution in [0, 0.1) is 5.92 Å². The summed E-state index contributed by atoms with van der Waals surface area (Å²) >= 11 is 0. The summed E-state index contributed by atoms with van der Waals surface area (Å²) < 4.78 is 0. The zero-order chi connectivity index (χ0) is 11.8. The monoisotopic (exact) mass is 232 g/mol. The number of carbonyl (C=O) groups is 1. The van der Waals surface area contributed by atoms with Crippen molar-refractivity contribution < 1.29 is 4.79 Å². The second kappa shape index (κ2) is 4.00. The van der Waals surface area contributed by atoms with Crippen LogP contribution in [0.25, 0.3) is 0 Å². The van der Waals surface area contributed by atoms with Gasteiger partial charge in [0.05, 0.1) is 0 Å². The lowest BCUT2D eigenvalue weighted by molar-refractivity contribution is 0.0698. The number of anilines is 1. The molecule has 2 bridgehead atoms. The van der Waals surface area contributed by atoms with Gasteiger partial charge < -0.3 is 10.3 Å². The van der Waals surface area contributed by atoms with Crippen molar-refractivity contribution in [3.63, 3.8) is 0 Å². The number of piperidine rings is 1. The second-order valence-electron chi connectivity index (χ2n) is 4.84. The number of fused-ring (bicyclic) bond motifs is 2. The maximum Gasteiger partial charge on any atom is 0.272 e. The molecule has 3 N–H and O–H groups in total. The van der Waals surface area contributed by atoms with Crippen LogP contribution in [0.5, 0.6) is 0 Å². The van der Waals surface area contributed by atoms with Gasteiger partial charge >= 0.3 is 0 Å². The van der Waals surface area contributed by atoms with Crippen molar-refractivity contribution in [1.82, 2.24) is 9.88 Å². The Kier molecular flexibility index (Phi) is 2.48. The molecule has 2 heterocycles. The van der Waals surface area contributed by atoms with E-state index in [1.165, 1.54) is 12.8 Å². The van der Waals surface area contributed by atoms with E-state index in [4.69, 9.17) is 5.84 Å². The molecule has 5 nitrogen and oxygen atoms in total. The largest absolute Gasteiger partial charge is 0.334 e. The van der Waals surface area contributed by atoms with Crippen LogP contribution in [0.3, 0.4) is 0 Å². The van der Waals surface area contributed by atoms with Crippen molar-refractivity contribution in [2.75, 3.05) is 12.0 Å². The van der Waals surface area contributed by atoms with Crippen LogP contribution >= 0.6 is 0 Å². The molecule has 2 atom stereocenters. The maximum absolute atomic E-state index is 12.3. The highest BCUT2D eigenvalue weighted by Crippen LogP contribution is 2.37. The van der Waals surface area contributed by atoms with E-state index in [1.54, 1.807) is 18.2 Å². The van der Waals surface area contributed by atoms with Gasteiger partial charge in [-0.15, -0.1) is 0 Å². The Morgan fingerprint density at radius 3 is 3.00 bits per heavy atom. The highest BCUT2D eigenvalue weighted by atomic mass is 16.2. The number of hydrogen-bond acceptors (Lipinski definition) is 4. The number of amides is 1. The van der Waals surface area contributed by atoms with Crippen molar-refractivity contribution in [3.8, 4) is 0 Å². The summed E-state index contributed by atoms with van der Waals surface area (Å²) in [5, 5.41) is 0. The van der Waals surface area contributed by atoms with E-state index in [1.807, 2.05) is 4.90 Å². The third-order valence-electron chi connectivity index (χ3n) is 3.79. The van der Waals surface area contributed by atoms with Gasteiger partial charge in [0.15, 0.2) is 0 Å². The van der Waals surface area contributed by atoms with Gasteiger partial charge in [-0.1, -0.05) is 6.07 Å². The fourth-order valence-corrected chi connectivity index (χ4v) is 2.95. The molecule has 1 saturated heterocycles. The van der Waals surface area contributed by atoms with Crippen molar-refractivity contribution >= 4 is 11.7 Å². The molecular formula is C12H16N4O. The fourth-order valence-electron chi connectivity index (χ4n) is 2.95. The lowest BCUT2D eigenvalue weighted by atomic mass is 10.1. The summed E-state index contributed by atoms with van der Waals surface area (Å²) in [7, 11) is 0. The molecule has 17 heavy (non-hydrogen) atoms. The number of carbonyl (C=O) groups excluding carboxylic acids is 1. The number of nitrogen functional groups attached to an aromatic ring is 1. The lowest BCUT2D eigenvalue weighted by Crippen LogP contribution is -2.38. The Balaban J connectivity index is 1.81. The minimum atomic E-state index is 0.0364. The zero-order valence-corrected chi connectivity index (χ0v) is 9.60. The molecule has 1 amide bonds. The number of nitrogens with two attached hydrogens (primary N) is 1. The molecule has 3 rings (SSSR count). The summed E-state index contributed by atoms with van der Waals surface area (Å²) in [5.41, 5.74) is 2.94. The summed E-state index contributed by atoms with van der Waals surface area (Å²) in [6, 6.07) is 5.72. The average Bonchev–Trinajstić information content (AvgIpc) is 3.00. The van der Waals surface area contributed by atoms with E-state index >= 15 is 0 Å². The third-order valence-corrected chi connectivity index (χ3v) is 3.79. The SMILES string of the molecule is NNc1cccc(C(=O)N2CC3CCC2C3)n1. The normalized spacial score (nSPS) is 26.3. The summed E-state index contributed by atoms with van der Waals surface area (Å²) in [5.74, 6) is 6.57. The Labute approximate surface area is 100.0 Å². The molecule has 5 heteroatoms. The molecule has 1 saturated carbocycles. The van der Waals surface area contributed by atoms with Crippen LogP contribution in [0.1, 0.15) is 29.8 Å². The summed E-state index contributed by atoms with van der Waals surface area (Å²) in [6.07, 6.45) is 3.58. The first-order valence-corrected chi connectivity index (χ1v) is 6.02. The van der Waals surface area contributed by atoms with Gasteiger partial charge in [-0.2, -0.15) is 0 Å². The Hall–Kier alpha value is -1.62. The molecule has 1 aromatic heterocycles. The smallest absolute Gasteiger partial charge is 0.272 e. The number of nitrogens with zero attached hydrogens (tertiary/aromatic N) is 2. The fraction of sp³-hybridized carbons (Fsp3) is 0.500. The van der Waals surface area contributed by atoms with E-state index in [2.05, 4.69) is 10.4 Å². The predicted molar refractivity (Wildman–Crippen MR) is 64.2 cm³/mol. The van der Waals surface area contributed by atoms with Gasteiger partial charge in [-0.3, -0.25) is 4.79 Å². The highest BCUT2D eigenvalue weighted by molar-refractivity contribution is 5.93. The van der Waals surface area contributed by atoms with E-state index in [0.717, 1.165) is 13.0 Å². The molecule has 0 aromatic carbocycles. The quantitative estimate of drug-likeness (QED) is 0.589. The predicted octanol–water partition coefficient (Wildman–Crippen LogP) is 0.992. The van der Waals surface area contributed by atoms with E-state index in [0.29, 0.717) is 23.5 Å². The van der Waals surface area contributed by atoms with Crippen molar-refractivity contribution in [2.45, 2.75) is 25.3 Å². The molecule has 1 aliphatic heterocycles. The highest BCUT2D eigenvalue weighted by Gasteiger charge is 2.40. The standard InChI is InChI=1S/C12H16N4O/c13-15-11-3-1-2-10(14-11)12(17)16-7-8-4-5-9(16)6-8/h1-3,8-9H,4-7,13H2,(H,14,15). The maximum atomic E-state index is 12.3. The molecule has 2 unspecified atom stereocenters. The number of hydrogen-bond donors (Lipinski definition) is 2. The van der Waals surface area contributed by atoms with Crippen LogP contribution in [0.15, 0.2) is 18.2 Å². The van der Waals surface area contributed by atoms with E-state index in [-0.39, 0.29) is 5.91 Å². The Morgan fingerprint density at radius 1 is 1.47 bits per heavy atom. The molecule has 2 aliphatic rings. The lowest BCUT2D eigenvalue weighted by Gasteiger charge is -2.26. The molecule has 1 aliphatic carbocycles. The first-order valence-electron chi connectivity index (χ1n) is 6.02. The number of hydrazine groups is 1. The van der Waals surface area contributed by atoms with Gasteiger partial charge in [0.1, 0.15) is 11.5 Å². The zero-order valence-electron chi connectivity index (χ0n) is 9.60. The molecule has 0 radical (unpaired) electrons. The van der Waals surface area contributed by atoms with Crippen molar-refractivity contribution in [2.24, 2.45) is 11.8 Å². The molecule has 90 valence electrons. The van der Waals surface area contributed by atoms with Crippen LogP contribution in [-0.4, -0.2) is 28.4 Å². The summed E-state index contributed by atoms with van der Waals surface area (Å²) in [6.45, 7) is 0.894. The molecule has 2 fully saturated rings. The first-order chi connectivity index (χ1) is 8.28. The minimum Gasteiger partial charge on any atom is -0.334 e. The number of nitrogens with one attached hydrogen (secondary N) is 1. The minimum absolute atomic E-state index is 0.0364. The van der Waals surface area contributed by atoms with Gasteiger partial charge in [-0.05, 0) is 37.3 Å².